The van der Waals surface area contributed by atoms with Gasteiger partial charge in [-0.25, -0.2) is 4.98 Å². The summed E-state index contributed by atoms with van der Waals surface area (Å²) in [4.78, 5) is 9.56. The molecule has 0 amide bonds. The van der Waals surface area contributed by atoms with Crippen LogP contribution in [-0.4, -0.2) is 46.3 Å². The van der Waals surface area contributed by atoms with Gasteiger partial charge in [-0.15, -0.1) is 0 Å². The molecule has 1 fully saturated rings. The second kappa shape index (κ2) is 7.68. The lowest BCUT2D eigenvalue weighted by Crippen LogP contribution is -2.46. The molecule has 1 N–H and O–H groups in total. The van der Waals surface area contributed by atoms with Crippen LogP contribution in [-0.2, 0) is 6.54 Å². The van der Waals surface area contributed by atoms with Gasteiger partial charge in [0.15, 0.2) is 0 Å². The number of fused-ring (bicyclic) bond motifs is 1. The molecule has 3 heterocycles. The van der Waals surface area contributed by atoms with Crippen molar-refractivity contribution in [2.75, 3.05) is 31.1 Å². The fraction of sp³-hybridized carbons (Fsp3) is 0.250. The Balaban J connectivity index is 1.33. The van der Waals surface area contributed by atoms with Crippen molar-refractivity contribution in [3.63, 3.8) is 0 Å². The molecule has 1 saturated heterocycles. The molecule has 1 aliphatic heterocycles. The first-order valence-electron chi connectivity index (χ1n) is 10.2. The number of anilines is 1. The van der Waals surface area contributed by atoms with Crippen LogP contribution in [0, 0.1) is 6.92 Å². The summed E-state index contributed by atoms with van der Waals surface area (Å²) in [5.41, 5.74) is 4.68. The van der Waals surface area contributed by atoms with Crippen LogP contribution in [0.4, 0.5) is 5.82 Å². The smallest absolute Gasteiger partial charge is 0.128 e. The Kier molecular flexibility index (Phi) is 4.74. The van der Waals surface area contributed by atoms with Crippen LogP contribution < -0.4 is 4.90 Å². The SMILES string of the molecule is Cc1cccc(N2CCN(Cc3cn[nH]c3-c3cccc4ccccc34)CC2)n1. The number of piperazine rings is 1. The van der Waals surface area contributed by atoms with Crippen LogP contribution >= 0.6 is 0 Å². The predicted octanol–water partition coefficient (Wildman–Crippen LogP) is 4.26. The third kappa shape index (κ3) is 3.61. The zero-order valence-corrected chi connectivity index (χ0v) is 16.7. The molecule has 0 spiro atoms. The molecular weight excluding hydrogens is 358 g/mol. The van der Waals surface area contributed by atoms with Crippen LogP contribution in [0.2, 0.25) is 0 Å². The van der Waals surface area contributed by atoms with Gasteiger partial charge in [-0.3, -0.25) is 10.00 Å². The molecule has 29 heavy (non-hydrogen) atoms. The van der Waals surface area contributed by atoms with Gasteiger partial charge in [-0.2, -0.15) is 5.10 Å². The van der Waals surface area contributed by atoms with Crippen LogP contribution in [0.3, 0.4) is 0 Å². The lowest BCUT2D eigenvalue weighted by Gasteiger charge is -2.35. The van der Waals surface area contributed by atoms with Gasteiger partial charge < -0.3 is 4.90 Å². The van der Waals surface area contributed by atoms with E-state index in [2.05, 4.69) is 79.6 Å². The number of H-pyrrole nitrogens is 1. The monoisotopic (exact) mass is 383 g/mol. The van der Waals surface area contributed by atoms with E-state index in [4.69, 9.17) is 0 Å². The van der Waals surface area contributed by atoms with Gasteiger partial charge >= 0.3 is 0 Å². The van der Waals surface area contributed by atoms with Crippen LogP contribution in [0.5, 0.6) is 0 Å². The number of pyridine rings is 1. The summed E-state index contributed by atoms with van der Waals surface area (Å²) >= 11 is 0. The van der Waals surface area contributed by atoms with Crippen molar-refractivity contribution in [3.05, 3.63) is 78.1 Å². The highest BCUT2D eigenvalue weighted by Gasteiger charge is 2.20. The van der Waals surface area contributed by atoms with Gasteiger partial charge in [-0.05, 0) is 29.8 Å². The maximum atomic E-state index is 4.67. The number of benzene rings is 2. The average Bonchev–Trinajstić information content (AvgIpc) is 3.22. The third-order valence-electron chi connectivity index (χ3n) is 5.74. The number of hydrogen-bond acceptors (Lipinski definition) is 4. The van der Waals surface area contributed by atoms with Gasteiger partial charge in [0, 0.05) is 49.5 Å². The first-order valence-corrected chi connectivity index (χ1v) is 10.2. The largest absolute Gasteiger partial charge is 0.354 e. The number of rotatable bonds is 4. The Morgan fingerprint density at radius 1 is 0.897 bits per heavy atom. The summed E-state index contributed by atoms with van der Waals surface area (Å²) in [7, 11) is 0. The molecule has 2 aromatic heterocycles. The third-order valence-corrected chi connectivity index (χ3v) is 5.74. The van der Waals surface area contributed by atoms with E-state index >= 15 is 0 Å². The van der Waals surface area contributed by atoms with E-state index in [0.29, 0.717) is 0 Å². The number of aryl methyl sites for hydroxylation is 1. The van der Waals surface area contributed by atoms with E-state index < -0.39 is 0 Å². The molecule has 2 aromatic carbocycles. The summed E-state index contributed by atoms with van der Waals surface area (Å²) in [5, 5.41) is 10.1. The van der Waals surface area contributed by atoms with Crippen molar-refractivity contribution in [1.82, 2.24) is 20.1 Å². The standard InChI is InChI=1S/C24H25N5/c1-18-6-4-11-23(26-18)29-14-12-28(13-15-29)17-20-16-25-27-24(20)22-10-5-8-19-7-2-3-9-21(19)22/h2-11,16H,12-15,17H2,1H3,(H,25,27). The molecule has 4 aromatic rings. The van der Waals surface area contributed by atoms with E-state index in [1.807, 2.05) is 19.2 Å². The molecule has 0 saturated carbocycles. The highest BCUT2D eigenvalue weighted by atomic mass is 15.3. The van der Waals surface area contributed by atoms with Crippen molar-refractivity contribution in [2.24, 2.45) is 0 Å². The van der Waals surface area contributed by atoms with E-state index in [1.165, 1.54) is 21.9 Å². The van der Waals surface area contributed by atoms with Gasteiger partial charge in [0.2, 0.25) is 0 Å². The van der Waals surface area contributed by atoms with Crippen molar-refractivity contribution >= 4 is 16.6 Å². The summed E-state index contributed by atoms with van der Waals surface area (Å²) in [5.74, 6) is 1.09. The molecule has 5 heteroatoms. The van der Waals surface area contributed by atoms with Crippen LogP contribution in [0.15, 0.2) is 66.9 Å². The van der Waals surface area contributed by atoms with Crippen LogP contribution in [0.25, 0.3) is 22.0 Å². The molecule has 0 radical (unpaired) electrons. The molecule has 5 nitrogen and oxygen atoms in total. The maximum Gasteiger partial charge on any atom is 0.128 e. The Labute approximate surface area is 171 Å². The first-order chi connectivity index (χ1) is 14.3. The van der Waals surface area contributed by atoms with Gasteiger partial charge in [-0.1, -0.05) is 48.5 Å². The van der Waals surface area contributed by atoms with Crippen molar-refractivity contribution in [2.45, 2.75) is 13.5 Å². The fourth-order valence-corrected chi connectivity index (χ4v) is 4.19. The number of aromatic nitrogens is 3. The van der Waals surface area contributed by atoms with E-state index in [9.17, 15) is 0 Å². The molecule has 5 rings (SSSR count). The lowest BCUT2D eigenvalue weighted by atomic mass is 10.00. The normalized spacial score (nSPS) is 15.1. The Hall–Kier alpha value is -3.18. The Bertz CT molecular complexity index is 1120. The molecular formula is C24H25N5. The second-order valence-corrected chi connectivity index (χ2v) is 7.70. The quantitative estimate of drug-likeness (QED) is 0.572. The second-order valence-electron chi connectivity index (χ2n) is 7.70. The number of nitrogens with one attached hydrogen (secondary N) is 1. The number of hydrogen-bond donors (Lipinski definition) is 1. The van der Waals surface area contributed by atoms with Crippen molar-refractivity contribution < 1.29 is 0 Å². The van der Waals surface area contributed by atoms with Crippen molar-refractivity contribution in [1.29, 1.82) is 0 Å². The van der Waals surface area contributed by atoms with Crippen LogP contribution in [0.1, 0.15) is 11.3 Å². The number of aromatic amines is 1. The van der Waals surface area contributed by atoms with Gasteiger partial charge in [0.05, 0.1) is 11.9 Å². The molecule has 0 atom stereocenters. The summed E-state index contributed by atoms with van der Waals surface area (Å²) < 4.78 is 0. The highest BCUT2D eigenvalue weighted by molar-refractivity contribution is 5.96. The molecule has 1 aliphatic rings. The number of nitrogens with zero attached hydrogens (tertiary/aromatic N) is 4. The Morgan fingerprint density at radius 2 is 1.69 bits per heavy atom. The minimum absolute atomic E-state index is 0.907. The highest BCUT2D eigenvalue weighted by Crippen LogP contribution is 2.30. The molecule has 146 valence electrons. The van der Waals surface area contributed by atoms with E-state index in [-0.39, 0.29) is 0 Å². The van der Waals surface area contributed by atoms with E-state index in [0.717, 1.165) is 49.9 Å². The fourth-order valence-electron chi connectivity index (χ4n) is 4.19. The van der Waals surface area contributed by atoms with Gasteiger partial charge in [0.1, 0.15) is 5.82 Å². The zero-order chi connectivity index (χ0) is 19.6. The minimum Gasteiger partial charge on any atom is -0.354 e. The maximum absolute atomic E-state index is 4.67. The zero-order valence-electron chi connectivity index (χ0n) is 16.7. The molecule has 0 aliphatic carbocycles. The summed E-state index contributed by atoms with van der Waals surface area (Å²) in [6, 6.07) is 21.2. The molecule has 0 unspecified atom stereocenters. The summed E-state index contributed by atoms with van der Waals surface area (Å²) in [6.45, 7) is 7.00. The average molecular weight is 383 g/mol. The predicted molar refractivity (Wildman–Crippen MR) is 118 cm³/mol. The molecule has 0 bridgehead atoms. The van der Waals surface area contributed by atoms with E-state index in [1.54, 1.807) is 0 Å². The Morgan fingerprint density at radius 3 is 2.55 bits per heavy atom. The lowest BCUT2D eigenvalue weighted by molar-refractivity contribution is 0.249. The topological polar surface area (TPSA) is 48.0 Å². The summed E-state index contributed by atoms with van der Waals surface area (Å²) in [6.07, 6.45) is 1.98. The van der Waals surface area contributed by atoms with Gasteiger partial charge in [0.25, 0.3) is 0 Å². The van der Waals surface area contributed by atoms with Crippen molar-refractivity contribution in [3.8, 4) is 11.3 Å². The first kappa shape index (κ1) is 17.9. The minimum atomic E-state index is 0.907.